The summed E-state index contributed by atoms with van der Waals surface area (Å²) in [6, 6.07) is 5.08. The highest BCUT2D eigenvalue weighted by Crippen LogP contribution is 2.20. The van der Waals surface area contributed by atoms with E-state index in [1.807, 2.05) is 0 Å². The van der Waals surface area contributed by atoms with E-state index in [2.05, 4.69) is 41.1 Å². The molecule has 1 aromatic heterocycles. The molecule has 18 heavy (non-hydrogen) atoms. The third-order valence-electron chi connectivity index (χ3n) is 3.44. The summed E-state index contributed by atoms with van der Waals surface area (Å²) >= 11 is 0. The molecule has 98 valence electrons. The van der Waals surface area contributed by atoms with Crippen LogP contribution in [0.1, 0.15) is 44.5 Å². The molecule has 1 fully saturated rings. The zero-order chi connectivity index (χ0) is 13.0. The molecule has 1 N–H and O–H groups in total. The summed E-state index contributed by atoms with van der Waals surface area (Å²) < 4.78 is 2.07. The Balaban J connectivity index is 1.91. The molecule has 4 nitrogen and oxygen atoms in total. The Morgan fingerprint density at radius 2 is 2.28 bits per heavy atom. The van der Waals surface area contributed by atoms with E-state index in [-0.39, 0.29) is 6.04 Å². The van der Waals surface area contributed by atoms with Crippen molar-refractivity contribution in [2.45, 2.75) is 64.6 Å². The van der Waals surface area contributed by atoms with Crippen LogP contribution in [0.3, 0.4) is 0 Å². The SMILES string of the molecule is CCc1cc(CC)n(CCC(C#N)NC2CC2)n1. The van der Waals surface area contributed by atoms with Crippen molar-refractivity contribution in [1.82, 2.24) is 15.1 Å². The molecule has 2 rings (SSSR count). The van der Waals surface area contributed by atoms with Gasteiger partial charge < -0.3 is 0 Å². The Kier molecular flexibility index (Phi) is 4.38. The summed E-state index contributed by atoms with van der Waals surface area (Å²) in [6.07, 6.45) is 5.26. The van der Waals surface area contributed by atoms with Crippen molar-refractivity contribution in [1.29, 1.82) is 5.26 Å². The maximum absolute atomic E-state index is 9.12. The average molecular weight is 246 g/mol. The van der Waals surface area contributed by atoms with Crippen LogP contribution in [0.4, 0.5) is 0 Å². The van der Waals surface area contributed by atoms with Crippen molar-refractivity contribution in [3.63, 3.8) is 0 Å². The summed E-state index contributed by atoms with van der Waals surface area (Å²) in [4.78, 5) is 0. The Bertz CT molecular complexity index is 425. The van der Waals surface area contributed by atoms with Gasteiger partial charge in [-0.2, -0.15) is 10.4 Å². The van der Waals surface area contributed by atoms with E-state index >= 15 is 0 Å². The van der Waals surface area contributed by atoms with Gasteiger partial charge in [0.15, 0.2) is 0 Å². The number of nitrogens with one attached hydrogen (secondary N) is 1. The lowest BCUT2D eigenvalue weighted by Crippen LogP contribution is -2.30. The number of hydrogen-bond donors (Lipinski definition) is 1. The first-order chi connectivity index (χ1) is 8.76. The van der Waals surface area contributed by atoms with Gasteiger partial charge in [-0.3, -0.25) is 10.00 Å². The number of aryl methyl sites for hydroxylation is 3. The summed E-state index contributed by atoms with van der Waals surface area (Å²) in [7, 11) is 0. The second-order valence-corrected chi connectivity index (χ2v) is 4.97. The van der Waals surface area contributed by atoms with Crippen LogP contribution in [0.2, 0.25) is 0 Å². The van der Waals surface area contributed by atoms with Gasteiger partial charge in [0.1, 0.15) is 0 Å². The van der Waals surface area contributed by atoms with E-state index in [1.54, 1.807) is 0 Å². The Hall–Kier alpha value is -1.34. The number of rotatable bonds is 7. The van der Waals surface area contributed by atoms with Gasteiger partial charge in [0.2, 0.25) is 0 Å². The summed E-state index contributed by atoms with van der Waals surface area (Å²) in [5, 5.41) is 17.1. The van der Waals surface area contributed by atoms with Crippen LogP contribution in [-0.4, -0.2) is 21.9 Å². The molecule has 1 heterocycles. The molecule has 4 heteroatoms. The largest absolute Gasteiger partial charge is 0.299 e. The monoisotopic (exact) mass is 246 g/mol. The third kappa shape index (κ3) is 3.33. The van der Waals surface area contributed by atoms with E-state index in [0.717, 1.165) is 31.5 Å². The smallest absolute Gasteiger partial charge is 0.0972 e. The van der Waals surface area contributed by atoms with Crippen LogP contribution in [0, 0.1) is 11.3 Å². The van der Waals surface area contributed by atoms with Gasteiger partial charge in [0, 0.05) is 18.3 Å². The molecule has 0 bridgehead atoms. The molecule has 0 radical (unpaired) electrons. The number of aromatic nitrogens is 2. The molecule has 1 aliphatic carbocycles. The first-order valence-corrected chi connectivity index (χ1v) is 6.98. The van der Waals surface area contributed by atoms with Gasteiger partial charge in [0.05, 0.1) is 17.8 Å². The van der Waals surface area contributed by atoms with E-state index in [4.69, 9.17) is 5.26 Å². The summed E-state index contributed by atoms with van der Waals surface area (Å²) in [5.41, 5.74) is 2.42. The fourth-order valence-electron chi connectivity index (χ4n) is 2.14. The lowest BCUT2D eigenvalue weighted by atomic mass is 10.2. The lowest BCUT2D eigenvalue weighted by molar-refractivity contribution is 0.480. The predicted octanol–water partition coefficient (Wildman–Crippen LogP) is 2.04. The zero-order valence-electron chi connectivity index (χ0n) is 11.3. The minimum absolute atomic E-state index is 0.0310. The van der Waals surface area contributed by atoms with Gasteiger partial charge in [-0.25, -0.2) is 0 Å². The normalized spacial score (nSPS) is 16.5. The number of nitrogens with zero attached hydrogens (tertiary/aromatic N) is 3. The van der Waals surface area contributed by atoms with E-state index in [0.29, 0.717) is 6.04 Å². The maximum atomic E-state index is 9.12. The number of nitriles is 1. The summed E-state index contributed by atoms with van der Waals surface area (Å²) in [5.74, 6) is 0. The van der Waals surface area contributed by atoms with Gasteiger partial charge in [-0.15, -0.1) is 0 Å². The maximum Gasteiger partial charge on any atom is 0.0972 e. The first-order valence-electron chi connectivity index (χ1n) is 6.98. The van der Waals surface area contributed by atoms with Gasteiger partial charge >= 0.3 is 0 Å². The highest BCUT2D eigenvalue weighted by Gasteiger charge is 2.24. The molecule has 0 saturated heterocycles. The Morgan fingerprint density at radius 1 is 1.50 bits per heavy atom. The van der Waals surface area contributed by atoms with Crippen LogP contribution in [0.5, 0.6) is 0 Å². The van der Waals surface area contributed by atoms with Gasteiger partial charge in [-0.1, -0.05) is 13.8 Å². The van der Waals surface area contributed by atoms with Crippen molar-refractivity contribution in [3.8, 4) is 6.07 Å². The fraction of sp³-hybridized carbons (Fsp3) is 0.714. The molecular formula is C14H22N4. The molecule has 0 aromatic carbocycles. The topological polar surface area (TPSA) is 53.6 Å². The highest BCUT2D eigenvalue weighted by molar-refractivity contribution is 5.10. The molecule has 1 atom stereocenters. The molecule has 0 amide bonds. The molecule has 0 aliphatic heterocycles. The van der Waals surface area contributed by atoms with E-state index in [1.165, 1.54) is 18.5 Å². The minimum atomic E-state index is -0.0310. The van der Waals surface area contributed by atoms with Crippen LogP contribution in [-0.2, 0) is 19.4 Å². The van der Waals surface area contributed by atoms with E-state index < -0.39 is 0 Å². The van der Waals surface area contributed by atoms with Crippen LogP contribution < -0.4 is 5.32 Å². The molecule has 0 spiro atoms. The van der Waals surface area contributed by atoms with Gasteiger partial charge in [0.25, 0.3) is 0 Å². The van der Waals surface area contributed by atoms with Crippen molar-refractivity contribution in [3.05, 3.63) is 17.5 Å². The molecule has 1 aromatic rings. The standard InChI is InChI=1S/C14H22N4/c1-3-11-9-14(4-2)18(17-11)8-7-13(10-15)16-12-5-6-12/h9,12-13,16H,3-8H2,1-2H3. The molecule has 1 aliphatic rings. The Labute approximate surface area is 109 Å². The summed E-state index contributed by atoms with van der Waals surface area (Å²) in [6.45, 7) is 5.11. The second kappa shape index (κ2) is 6.01. The van der Waals surface area contributed by atoms with Crippen molar-refractivity contribution in [2.24, 2.45) is 0 Å². The lowest BCUT2D eigenvalue weighted by Gasteiger charge is -2.11. The first kappa shape index (κ1) is 13.1. The fourth-order valence-corrected chi connectivity index (χ4v) is 2.14. The van der Waals surface area contributed by atoms with Crippen LogP contribution >= 0.6 is 0 Å². The zero-order valence-corrected chi connectivity index (χ0v) is 11.3. The van der Waals surface area contributed by atoms with Crippen LogP contribution in [0.15, 0.2) is 6.07 Å². The third-order valence-corrected chi connectivity index (χ3v) is 3.44. The van der Waals surface area contributed by atoms with Crippen LogP contribution in [0.25, 0.3) is 0 Å². The second-order valence-electron chi connectivity index (χ2n) is 4.97. The molecule has 1 unspecified atom stereocenters. The van der Waals surface area contributed by atoms with Crippen molar-refractivity contribution in [2.75, 3.05) is 0 Å². The quantitative estimate of drug-likeness (QED) is 0.801. The number of hydrogen-bond acceptors (Lipinski definition) is 3. The van der Waals surface area contributed by atoms with Crippen molar-refractivity contribution < 1.29 is 0 Å². The van der Waals surface area contributed by atoms with E-state index in [9.17, 15) is 0 Å². The predicted molar refractivity (Wildman–Crippen MR) is 71.2 cm³/mol. The van der Waals surface area contributed by atoms with Gasteiger partial charge in [-0.05, 0) is 38.2 Å². The minimum Gasteiger partial charge on any atom is -0.299 e. The molecular weight excluding hydrogens is 224 g/mol. The average Bonchev–Trinajstić information content (AvgIpc) is 3.12. The highest BCUT2D eigenvalue weighted by atomic mass is 15.3. The molecule has 1 saturated carbocycles. The van der Waals surface area contributed by atoms with Crippen molar-refractivity contribution >= 4 is 0 Å². The Morgan fingerprint density at radius 3 is 2.83 bits per heavy atom.